The molecule has 24 heavy (non-hydrogen) atoms. The third-order valence-electron chi connectivity index (χ3n) is 4.57. The van der Waals surface area contributed by atoms with E-state index in [1.165, 1.54) is 0 Å². The van der Waals surface area contributed by atoms with Gasteiger partial charge in [-0.1, -0.05) is 6.07 Å². The Kier molecular flexibility index (Phi) is 4.78. The number of carbonyl (C=O) groups excluding carboxylic acids is 1. The van der Waals surface area contributed by atoms with Gasteiger partial charge in [0.2, 0.25) is 0 Å². The Labute approximate surface area is 143 Å². The van der Waals surface area contributed by atoms with Gasteiger partial charge in [0.1, 0.15) is 0 Å². The van der Waals surface area contributed by atoms with Crippen LogP contribution in [-0.2, 0) is 16.4 Å². The fourth-order valence-electron chi connectivity index (χ4n) is 3.53. The van der Waals surface area contributed by atoms with E-state index >= 15 is 0 Å². The van der Waals surface area contributed by atoms with E-state index in [4.69, 9.17) is 0 Å². The minimum absolute atomic E-state index is 0.0300. The summed E-state index contributed by atoms with van der Waals surface area (Å²) in [5, 5.41) is 2.88. The van der Waals surface area contributed by atoms with Crippen molar-refractivity contribution >= 4 is 15.9 Å². The SMILES string of the molecule is CC(C)NC(=O)N1CCN(Cc2cccnc2)[C@@H]2CS(=O)(=O)C[C@@H]21. The first-order valence-electron chi connectivity index (χ1n) is 8.26. The summed E-state index contributed by atoms with van der Waals surface area (Å²) in [4.78, 5) is 20.4. The average molecular weight is 352 g/mol. The van der Waals surface area contributed by atoms with E-state index in [0.29, 0.717) is 19.6 Å². The first-order chi connectivity index (χ1) is 11.4. The van der Waals surface area contributed by atoms with E-state index in [-0.39, 0.29) is 35.7 Å². The molecule has 2 fully saturated rings. The Morgan fingerprint density at radius 1 is 1.33 bits per heavy atom. The number of pyridine rings is 1. The number of rotatable bonds is 3. The molecule has 2 amide bonds. The second kappa shape index (κ2) is 6.68. The largest absolute Gasteiger partial charge is 0.336 e. The standard InChI is InChI=1S/C16H24N4O3S/c1-12(2)18-16(21)20-7-6-19(9-13-4-3-5-17-8-13)14-10-24(22,23)11-15(14)20/h3-5,8,12,14-15H,6-7,9-11H2,1-2H3,(H,18,21)/t14-,15+/m1/s1. The molecule has 3 heterocycles. The van der Waals surface area contributed by atoms with Crippen LogP contribution in [0.3, 0.4) is 0 Å². The molecule has 0 spiro atoms. The van der Waals surface area contributed by atoms with Crippen molar-refractivity contribution in [2.75, 3.05) is 24.6 Å². The van der Waals surface area contributed by atoms with Crippen LogP contribution in [0.2, 0.25) is 0 Å². The number of carbonyl (C=O) groups is 1. The second-order valence-electron chi connectivity index (χ2n) is 6.84. The molecule has 0 aromatic carbocycles. The number of hydrogen-bond donors (Lipinski definition) is 1. The minimum Gasteiger partial charge on any atom is -0.336 e. The highest BCUT2D eigenvalue weighted by molar-refractivity contribution is 7.91. The summed E-state index contributed by atoms with van der Waals surface area (Å²) in [5.74, 6) is 0.163. The number of aromatic nitrogens is 1. The summed E-state index contributed by atoms with van der Waals surface area (Å²) in [5.41, 5.74) is 1.06. The Morgan fingerprint density at radius 3 is 2.75 bits per heavy atom. The van der Waals surface area contributed by atoms with Crippen molar-refractivity contribution in [3.8, 4) is 0 Å². The van der Waals surface area contributed by atoms with Crippen molar-refractivity contribution in [3.05, 3.63) is 30.1 Å². The molecule has 1 N–H and O–H groups in total. The van der Waals surface area contributed by atoms with Gasteiger partial charge in [-0.05, 0) is 25.5 Å². The first-order valence-corrected chi connectivity index (χ1v) is 10.1. The molecule has 0 radical (unpaired) electrons. The number of nitrogens with zero attached hydrogens (tertiary/aromatic N) is 3. The van der Waals surface area contributed by atoms with Gasteiger partial charge in [-0.3, -0.25) is 9.88 Å². The van der Waals surface area contributed by atoms with Gasteiger partial charge in [-0.2, -0.15) is 0 Å². The predicted molar refractivity (Wildman–Crippen MR) is 91.3 cm³/mol. The van der Waals surface area contributed by atoms with Gasteiger partial charge in [0, 0.05) is 44.1 Å². The Balaban J connectivity index is 1.78. The molecule has 132 valence electrons. The number of hydrogen-bond acceptors (Lipinski definition) is 5. The molecule has 2 saturated heterocycles. The highest BCUT2D eigenvalue weighted by Gasteiger charge is 2.48. The molecule has 0 saturated carbocycles. The lowest BCUT2D eigenvalue weighted by Gasteiger charge is -2.44. The predicted octanol–water partition coefficient (Wildman–Crippen LogP) is 0.483. The smallest absolute Gasteiger partial charge is 0.317 e. The summed E-state index contributed by atoms with van der Waals surface area (Å²) in [6.45, 7) is 5.66. The van der Waals surface area contributed by atoms with Crippen LogP contribution < -0.4 is 5.32 Å². The highest BCUT2D eigenvalue weighted by atomic mass is 32.2. The fourth-order valence-corrected chi connectivity index (χ4v) is 5.54. The van der Waals surface area contributed by atoms with Crippen LogP contribution in [0.15, 0.2) is 24.5 Å². The van der Waals surface area contributed by atoms with Crippen LogP contribution in [0.1, 0.15) is 19.4 Å². The topological polar surface area (TPSA) is 82.6 Å². The van der Waals surface area contributed by atoms with Crippen LogP contribution in [-0.4, -0.2) is 72.0 Å². The van der Waals surface area contributed by atoms with Crippen molar-refractivity contribution in [2.24, 2.45) is 0 Å². The van der Waals surface area contributed by atoms with Crippen molar-refractivity contribution in [2.45, 2.75) is 38.5 Å². The van der Waals surface area contributed by atoms with Gasteiger partial charge in [0.05, 0.1) is 17.5 Å². The Bertz CT molecular complexity index is 693. The summed E-state index contributed by atoms with van der Waals surface area (Å²) in [6.07, 6.45) is 3.52. The van der Waals surface area contributed by atoms with Gasteiger partial charge in [0.25, 0.3) is 0 Å². The van der Waals surface area contributed by atoms with Gasteiger partial charge in [0.15, 0.2) is 9.84 Å². The zero-order valence-corrected chi connectivity index (χ0v) is 14.9. The normalized spacial score (nSPS) is 26.4. The molecule has 7 nitrogen and oxygen atoms in total. The molecule has 2 aliphatic heterocycles. The lowest BCUT2D eigenvalue weighted by molar-refractivity contribution is 0.0599. The van der Waals surface area contributed by atoms with Crippen LogP contribution in [0, 0.1) is 0 Å². The van der Waals surface area contributed by atoms with Crippen LogP contribution in [0.4, 0.5) is 4.79 Å². The molecule has 2 atom stereocenters. The number of sulfone groups is 1. The summed E-state index contributed by atoms with van der Waals surface area (Å²) < 4.78 is 24.4. The molecule has 2 aliphatic rings. The second-order valence-corrected chi connectivity index (χ2v) is 8.99. The zero-order valence-electron chi connectivity index (χ0n) is 14.1. The number of nitrogens with one attached hydrogen (secondary N) is 1. The molecular formula is C16H24N4O3S. The van der Waals surface area contributed by atoms with Crippen LogP contribution >= 0.6 is 0 Å². The van der Waals surface area contributed by atoms with Crippen molar-refractivity contribution < 1.29 is 13.2 Å². The van der Waals surface area contributed by atoms with Crippen LogP contribution in [0.25, 0.3) is 0 Å². The maximum Gasteiger partial charge on any atom is 0.317 e. The minimum atomic E-state index is -3.13. The Morgan fingerprint density at radius 2 is 2.08 bits per heavy atom. The quantitative estimate of drug-likeness (QED) is 0.856. The number of amides is 2. The van der Waals surface area contributed by atoms with Crippen molar-refractivity contribution in [1.82, 2.24) is 20.1 Å². The summed E-state index contributed by atoms with van der Waals surface area (Å²) in [6, 6.07) is 3.30. The number of piperazine rings is 1. The third kappa shape index (κ3) is 3.70. The first kappa shape index (κ1) is 17.2. The average Bonchev–Trinajstić information content (AvgIpc) is 2.83. The zero-order chi connectivity index (χ0) is 17.3. The molecule has 1 aromatic heterocycles. The van der Waals surface area contributed by atoms with Crippen molar-refractivity contribution in [1.29, 1.82) is 0 Å². The molecule has 1 aromatic rings. The molecule has 0 aliphatic carbocycles. The molecular weight excluding hydrogens is 328 g/mol. The molecule has 0 bridgehead atoms. The summed E-state index contributed by atoms with van der Waals surface area (Å²) >= 11 is 0. The van der Waals surface area contributed by atoms with Gasteiger partial charge < -0.3 is 10.2 Å². The summed E-state index contributed by atoms with van der Waals surface area (Å²) in [7, 11) is -3.13. The third-order valence-corrected chi connectivity index (χ3v) is 6.27. The molecule has 3 rings (SSSR count). The van der Waals surface area contributed by atoms with E-state index < -0.39 is 9.84 Å². The highest BCUT2D eigenvalue weighted by Crippen LogP contribution is 2.28. The van der Waals surface area contributed by atoms with Gasteiger partial charge >= 0.3 is 6.03 Å². The van der Waals surface area contributed by atoms with E-state index in [0.717, 1.165) is 5.56 Å². The lowest BCUT2D eigenvalue weighted by Crippen LogP contribution is -2.62. The maximum absolute atomic E-state index is 12.4. The monoisotopic (exact) mass is 352 g/mol. The van der Waals surface area contributed by atoms with Gasteiger partial charge in [-0.15, -0.1) is 0 Å². The van der Waals surface area contributed by atoms with Crippen molar-refractivity contribution in [3.63, 3.8) is 0 Å². The number of urea groups is 1. The van der Waals surface area contributed by atoms with Crippen LogP contribution in [0.5, 0.6) is 0 Å². The molecule has 0 unspecified atom stereocenters. The fraction of sp³-hybridized carbons (Fsp3) is 0.625. The van der Waals surface area contributed by atoms with E-state index in [1.807, 2.05) is 26.0 Å². The van der Waals surface area contributed by atoms with E-state index in [2.05, 4.69) is 15.2 Å². The maximum atomic E-state index is 12.4. The Hall–Kier alpha value is -1.67. The molecule has 8 heteroatoms. The van der Waals surface area contributed by atoms with E-state index in [9.17, 15) is 13.2 Å². The number of fused-ring (bicyclic) bond motifs is 1. The lowest BCUT2D eigenvalue weighted by atomic mass is 10.0. The van der Waals surface area contributed by atoms with E-state index in [1.54, 1.807) is 17.3 Å². The van der Waals surface area contributed by atoms with Gasteiger partial charge in [-0.25, -0.2) is 13.2 Å².